The summed E-state index contributed by atoms with van der Waals surface area (Å²) in [4.78, 5) is 26.6. The molecule has 100 valence electrons. The van der Waals surface area contributed by atoms with Gasteiger partial charge in [0.25, 0.3) is 11.7 Å². The van der Waals surface area contributed by atoms with Gasteiger partial charge in [-0.15, -0.1) is 0 Å². The van der Waals surface area contributed by atoms with Gasteiger partial charge in [-0.3, -0.25) is 4.79 Å². The van der Waals surface area contributed by atoms with Crippen LogP contribution in [0.5, 0.6) is 0 Å². The Morgan fingerprint density at radius 3 is 2.89 bits per heavy atom. The number of nitrogens with zero attached hydrogens (tertiary/aromatic N) is 1. The maximum atomic E-state index is 13.0. The molecule has 6 nitrogen and oxygen atoms in total. The van der Waals surface area contributed by atoms with E-state index >= 15 is 0 Å². The molecule has 19 heavy (non-hydrogen) atoms. The number of ether oxygens (including phenoxy) is 1. The topological polar surface area (TPSA) is 95.4 Å². The van der Waals surface area contributed by atoms with Gasteiger partial charge in [0.05, 0.1) is 0 Å². The fourth-order valence-electron chi connectivity index (χ4n) is 1.60. The molecule has 0 aliphatic carbocycles. The summed E-state index contributed by atoms with van der Waals surface area (Å²) in [7, 11) is 0. The van der Waals surface area contributed by atoms with Gasteiger partial charge in [0.1, 0.15) is 11.3 Å². The van der Waals surface area contributed by atoms with Crippen molar-refractivity contribution in [2.45, 2.75) is 19.4 Å². The Morgan fingerprint density at radius 2 is 2.26 bits per heavy atom. The van der Waals surface area contributed by atoms with Crippen molar-refractivity contribution in [3.05, 3.63) is 29.9 Å². The molecule has 7 heteroatoms. The Hall–Kier alpha value is -2.44. The molecule has 2 aromatic rings. The highest BCUT2D eigenvalue weighted by molar-refractivity contribution is 5.98. The number of fused-ring (bicyclic) bond motifs is 1. The van der Waals surface area contributed by atoms with Crippen LogP contribution in [0.1, 0.15) is 24.0 Å². The second-order valence-corrected chi connectivity index (χ2v) is 3.83. The van der Waals surface area contributed by atoms with Crippen molar-refractivity contribution in [3.63, 3.8) is 0 Å². The highest BCUT2D eigenvalue weighted by Gasteiger charge is 2.26. The van der Waals surface area contributed by atoms with E-state index in [1.54, 1.807) is 6.92 Å². The number of carbonyl (C=O) groups is 2. The number of amides is 1. The minimum Gasteiger partial charge on any atom is -0.438 e. The van der Waals surface area contributed by atoms with Crippen molar-refractivity contribution >= 4 is 23.0 Å². The average Bonchev–Trinajstić information content (AvgIpc) is 2.77. The van der Waals surface area contributed by atoms with Gasteiger partial charge in [0.15, 0.2) is 11.7 Å². The number of Topliss-reactive ketones (excluding diaryl/α,β-unsaturated/α-hetero) is 1. The maximum Gasteiger partial charge on any atom is 0.405 e. The Kier molecular flexibility index (Phi) is 3.46. The second kappa shape index (κ2) is 5.05. The van der Waals surface area contributed by atoms with Gasteiger partial charge in [-0.05, 0) is 18.6 Å². The van der Waals surface area contributed by atoms with Gasteiger partial charge < -0.3 is 14.9 Å². The Labute approximate surface area is 107 Å². The van der Waals surface area contributed by atoms with Gasteiger partial charge >= 0.3 is 6.09 Å². The van der Waals surface area contributed by atoms with Gasteiger partial charge in [-0.1, -0.05) is 6.92 Å². The van der Waals surface area contributed by atoms with E-state index < -0.39 is 23.8 Å². The standard InChI is InChI=1S/C12H11FN2O4/c1-2-8(19-12(14)17)10(16)11-15-7-4-3-6(13)5-9(7)18-11/h3-5,8H,2H2,1H3,(H2,14,17). The molecule has 0 bridgehead atoms. The number of benzene rings is 1. The highest BCUT2D eigenvalue weighted by Crippen LogP contribution is 2.18. The fraction of sp³-hybridized carbons (Fsp3) is 0.250. The molecular formula is C12H11FN2O4. The van der Waals surface area contributed by atoms with Crippen LogP contribution < -0.4 is 5.73 Å². The SMILES string of the molecule is CCC(OC(N)=O)C(=O)c1nc2ccc(F)cc2o1. The summed E-state index contributed by atoms with van der Waals surface area (Å²) in [5.74, 6) is -1.35. The van der Waals surface area contributed by atoms with E-state index in [1.807, 2.05) is 0 Å². The summed E-state index contributed by atoms with van der Waals surface area (Å²) in [6.07, 6.45) is -1.88. The highest BCUT2D eigenvalue weighted by atomic mass is 19.1. The lowest BCUT2D eigenvalue weighted by Crippen LogP contribution is -2.29. The Balaban J connectivity index is 2.32. The number of nitrogens with two attached hydrogens (primary N) is 1. The van der Waals surface area contributed by atoms with Crippen LogP contribution >= 0.6 is 0 Å². The normalized spacial score (nSPS) is 12.3. The van der Waals surface area contributed by atoms with Gasteiger partial charge in [0.2, 0.25) is 0 Å². The first kappa shape index (κ1) is 13.0. The van der Waals surface area contributed by atoms with Crippen LogP contribution in [0.3, 0.4) is 0 Å². The number of oxazole rings is 1. The van der Waals surface area contributed by atoms with E-state index in [4.69, 9.17) is 10.2 Å². The number of hydrogen-bond acceptors (Lipinski definition) is 5. The van der Waals surface area contributed by atoms with E-state index in [0.29, 0.717) is 5.52 Å². The summed E-state index contributed by atoms with van der Waals surface area (Å²) in [6, 6.07) is 3.71. The minimum atomic E-state index is -1.06. The monoisotopic (exact) mass is 266 g/mol. The molecule has 0 radical (unpaired) electrons. The number of ketones is 1. The number of carbonyl (C=O) groups excluding carboxylic acids is 2. The third kappa shape index (κ3) is 2.70. The van der Waals surface area contributed by atoms with Gasteiger partial charge in [0, 0.05) is 6.07 Å². The molecule has 1 heterocycles. The minimum absolute atomic E-state index is 0.150. The first-order valence-electron chi connectivity index (χ1n) is 5.57. The molecule has 0 fully saturated rings. The van der Waals surface area contributed by atoms with Crippen LogP contribution in [0.4, 0.5) is 9.18 Å². The summed E-state index contributed by atoms with van der Waals surface area (Å²) in [5, 5.41) is 0. The number of primary amides is 1. The summed E-state index contributed by atoms with van der Waals surface area (Å²) in [6.45, 7) is 1.65. The molecule has 1 atom stereocenters. The summed E-state index contributed by atoms with van der Waals surface area (Å²) < 4.78 is 22.8. The molecule has 0 spiro atoms. The quantitative estimate of drug-likeness (QED) is 0.854. The van der Waals surface area contributed by atoms with Gasteiger partial charge in [-0.2, -0.15) is 0 Å². The lowest BCUT2D eigenvalue weighted by atomic mass is 10.2. The lowest BCUT2D eigenvalue weighted by molar-refractivity contribution is 0.0616. The third-order valence-corrected chi connectivity index (χ3v) is 2.48. The molecule has 2 N–H and O–H groups in total. The van der Waals surface area contributed by atoms with Crippen LogP contribution in [-0.4, -0.2) is 23.0 Å². The van der Waals surface area contributed by atoms with E-state index in [2.05, 4.69) is 9.72 Å². The predicted octanol–water partition coefficient (Wildman–Crippen LogP) is 2.02. The molecule has 1 unspecified atom stereocenters. The molecule has 2 rings (SSSR count). The largest absolute Gasteiger partial charge is 0.438 e. The van der Waals surface area contributed by atoms with Crippen molar-refractivity contribution in [3.8, 4) is 0 Å². The first-order valence-corrected chi connectivity index (χ1v) is 5.57. The van der Waals surface area contributed by atoms with Crippen molar-refractivity contribution in [2.24, 2.45) is 5.73 Å². The third-order valence-electron chi connectivity index (χ3n) is 2.48. The van der Waals surface area contributed by atoms with Crippen LogP contribution in [0.2, 0.25) is 0 Å². The van der Waals surface area contributed by atoms with Gasteiger partial charge in [-0.25, -0.2) is 14.2 Å². The van der Waals surface area contributed by atoms with Crippen molar-refractivity contribution in [2.75, 3.05) is 0 Å². The number of hydrogen-bond donors (Lipinski definition) is 1. The second-order valence-electron chi connectivity index (χ2n) is 3.83. The summed E-state index contributed by atoms with van der Waals surface area (Å²) in [5.41, 5.74) is 5.36. The first-order chi connectivity index (χ1) is 9.01. The zero-order chi connectivity index (χ0) is 14.0. The zero-order valence-electron chi connectivity index (χ0n) is 10.1. The van der Waals surface area contributed by atoms with Crippen LogP contribution in [-0.2, 0) is 4.74 Å². The number of halogens is 1. The van der Waals surface area contributed by atoms with E-state index in [9.17, 15) is 14.0 Å². The maximum absolute atomic E-state index is 13.0. The lowest BCUT2D eigenvalue weighted by Gasteiger charge is -2.10. The van der Waals surface area contributed by atoms with Crippen molar-refractivity contribution in [1.82, 2.24) is 4.98 Å². The average molecular weight is 266 g/mol. The van der Waals surface area contributed by atoms with Crippen LogP contribution in [0.15, 0.2) is 22.6 Å². The van der Waals surface area contributed by atoms with E-state index in [1.165, 1.54) is 12.1 Å². The van der Waals surface area contributed by atoms with Crippen LogP contribution in [0, 0.1) is 5.82 Å². The predicted molar refractivity (Wildman–Crippen MR) is 63.0 cm³/mol. The molecule has 1 aromatic carbocycles. The summed E-state index contributed by atoms with van der Waals surface area (Å²) >= 11 is 0. The molecule has 1 aromatic heterocycles. The smallest absolute Gasteiger partial charge is 0.405 e. The molecule has 0 saturated carbocycles. The Bertz CT molecular complexity index is 638. The molecule has 0 saturated heterocycles. The molecule has 0 aliphatic rings. The zero-order valence-corrected chi connectivity index (χ0v) is 10.1. The van der Waals surface area contributed by atoms with E-state index in [0.717, 1.165) is 6.07 Å². The Morgan fingerprint density at radius 1 is 1.53 bits per heavy atom. The molecular weight excluding hydrogens is 255 g/mol. The van der Waals surface area contributed by atoms with E-state index in [-0.39, 0.29) is 17.9 Å². The number of aromatic nitrogens is 1. The van der Waals surface area contributed by atoms with Crippen LogP contribution in [0.25, 0.3) is 11.1 Å². The van der Waals surface area contributed by atoms with Crippen molar-refractivity contribution < 1.29 is 23.1 Å². The fourth-order valence-corrected chi connectivity index (χ4v) is 1.60. The van der Waals surface area contributed by atoms with Crippen molar-refractivity contribution in [1.29, 1.82) is 0 Å². The molecule has 1 amide bonds. The molecule has 0 aliphatic heterocycles. The number of rotatable bonds is 4.